The first kappa shape index (κ1) is 11.2. The molecule has 20 heavy (non-hydrogen) atoms. The highest BCUT2D eigenvalue weighted by atomic mass is 16.2. The van der Waals surface area contributed by atoms with Crippen LogP contribution in [0.15, 0.2) is 54.6 Å². The van der Waals surface area contributed by atoms with Gasteiger partial charge in [-0.05, 0) is 30.5 Å². The summed E-state index contributed by atoms with van der Waals surface area (Å²) in [6.45, 7) is 1.95. The van der Waals surface area contributed by atoms with E-state index in [-0.39, 0.29) is 6.03 Å². The minimum atomic E-state index is -0.0150. The van der Waals surface area contributed by atoms with E-state index in [0.29, 0.717) is 0 Å². The van der Waals surface area contributed by atoms with Gasteiger partial charge >= 0.3 is 6.03 Å². The first-order valence-electron chi connectivity index (χ1n) is 6.60. The van der Waals surface area contributed by atoms with Crippen LogP contribution in [0.25, 0.3) is 10.8 Å². The average Bonchev–Trinajstić information content (AvgIpc) is 3.00. The third-order valence-electron chi connectivity index (χ3n) is 3.79. The number of benzene rings is 2. The van der Waals surface area contributed by atoms with Crippen molar-refractivity contribution in [3.05, 3.63) is 66.0 Å². The van der Waals surface area contributed by atoms with Crippen molar-refractivity contribution in [2.45, 2.75) is 6.92 Å². The second-order valence-corrected chi connectivity index (χ2v) is 5.01. The number of aryl methyl sites for hydroxylation is 1. The maximum absolute atomic E-state index is 12.6. The van der Waals surface area contributed by atoms with Crippen molar-refractivity contribution in [1.29, 1.82) is 0 Å². The fourth-order valence-electron chi connectivity index (χ4n) is 2.81. The third-order valence-corrected chi connectivity index (χ3v) is 3.79. The molecule has 0 atom stereocenters. The zero-order valence-electron chi connectivity index (χ0n) is 11.1. The average molecular weight is 261 g/mol. The molecule has 3 heteroatoms. The van der Waals surface area contributed by atoms with Crippen LogP contribution in [0.2, 0.25) is 0 Å². The molecule has 96 valence electrons. The van der Waals surface area contributed by atoms with E-state index >= 15 is 0 Å². The van der Waals surface area contributed by atoms with Crippen LogP contribution in [0.4, 0.5) is 10.5 Å². The van der Waals surface area contributed by atoms with Crippen molar-refractivity contribution in [2.24, 2.45) is 0 Å². The summed E-state index contributed by atoms with van der Waals surface area (Å²) < 4.78 is 3.46. The van der Waals surface area contributed by atoms with Gasteiger partial charge in [0.25, 0.3) is 0 Å². The van der Waals surface area contributed by atoms with Gasteiger partial charge in [0.05, 0.1) is 0 Å². The van der Waals surface area contributed by atoms with E-state index in [1.54, 1.807) is 9.14 Å². The highest BCUT2D eigenvalue weighted by molar-refractivity contribution is 5.98. The number of nitrogens with zero attached hydrogens (tertiary/aromatic N) is 2. The SMILES string of the molecule is Cc1ccc2n1C(=O)[N+](c1cccc3ccccc13)=C2. The number of aromatic nitrogens is 1. The van der Waals surface area contributed by atoms with Crippen molar-refractivity contribution in [2.75, 3.05) is 0 Å². The van der Waals surface area contributed by atoms with Gasteiger partial charge in [-0.25, -0.2) is 0 Å². The Bertz CT molecular complexity index is 882. The molecule has 0 saturated carbocycles. The molecule has 1 aliphatic heterocycles. The highest BCUT2D eigenvalue weighted by Crippen LogP contribution is 2.28. The predicted octanol–water partition coefficient (Wildman–Crippen LogP) is 3.69. The minimum Gasteiger partial charge on any atom is -0.196 e. The zero-order valence-corrected chi connectivity index (χ0v) is 11.1. The number of carbonyl (C=O) groups excluding carboxylic acids is 1. The van der Waals surface area contributed by atoms with Gasteiger partial charge in [-0.1, -0.05) is 36.4 Å². The molecule has 3 aromatic rings. The number of fused-ring (bicyclic) bond motifs is 2. The lowest BCUT2D eigenvalue weighted by atomic mass is 10.1. The van der Waals surface area contributed by atoms with Gasteiger partial charge in [0.15, 0.2) is 5.69 Å². The number of hydrogen-bond acceptors (Lipinski definition) is 1. The first-order valence-corrected chi connectivity index (χ1v) is 6.60. The van der Waals surface area contributed by atoms with E-state index in [1.807, 2.05) is 55.6 Å². The van der Waals surface area contributed by atoms with E-state index in [4.69, 9.17) is 0 Å². The normalized spacial score (nSPS) is 13.7. The molecular formula is C17H13N2O+. The van der Waals surface area contributed by atoms with Gasteiger partial charge in [-0.3, -0.25) is 0 Å². The van der Waals surface area contributed by atoms with Crippen LogP contribution in [-0.4, -0.2) is 21.4 Å². The monoisotopic (exact) mass is 261 g/mol. The Morgan fingerprint density at radius 2 is 1.75 bits per heavy atom. The van der Waals surface area contributed by atoms with Gasteiger partial charge in [0.2, 0.25) is 0 Å². The van der Waals surface area contributed by atoms with Crippen LogP contribution >= 0.6 is 0 Å². The highest BCUT2D eigenvalue weighted by Gasteiger charge is 2.33. The molecule has 0 spiro atoms. The molecule has 1 amide bonds. The van der Waals surface area contributed by atoms with Crippen molar-refractivity contribution < 1.29 is 9.37 Å². The molecule has 0 radical (unpaired) electrons. The van der Waals surface area contributed by atoms with Crippen LogP contribution in [0.3, 0.4) is 0 Å². The molecule has 2 heterocycles. The number of rotatable bonds is 1. The fourth-order valence-corrected chi connectivity index (χ4v) is 2.81. The van der Waals surface area contributed by atoms with E-state index in [1.165, 1.54) is 0 Å². The second kappa shape index (κ2) is 3.90. The van der Waals surface area contributed by atoms with Crippen molar-refractivity contribution >= 4 is 28.7 Å². The van der Waals surface area contributed by atoms with Gasteiger partial charge in [0.1, 0.15) is 17.6 Å². The molecule has 1 aliphatic rings. The Kier molecular flexibility index (Phi) is 2.18. The molecule has 0 aliphatic carbocycles. The molecule has 2 aromatic carbocycles. The summed E-state index contributed by atoms with van der Waals surface area (Å²) in [6, 6.07) is 18.1. The van der Waals surface area contributed by atoms with Gasteiger partial charge in [-0.2, -0.15) is 13.9 Å². The molecule has 4 rings (SSSR count). The lowest BCUT2D eigenvalue weighted by molar-refractivity contribution is -0.320. The predicted molar refractivity (Wildman–Crippen MR) is 79.0 cm³/mol. The topological polar surface area (TPSA) is 25.0 Å². The second-order valence-electron chi connectivity index (χ2n) is 5.01. The quantitative estimate of drug-likeness (QED) is 0.613. The number of amides is 1. The molecule has 0 N–H and O–H groups in total. The molecule has 1 aromatic heterocycles. The number of carbonyl (C=O) groups is 1. The van der Waals surface area contributed by atoms with Crippen LogP contribution in [0, 0.1) is 6.92 Å². The fraction of sp³-hybridized carbons (Fsp3) is 0.0588. The zero-order chi connectivity index (χ0) is 13.7. The Labute approximate surface area is 116 Å². The lowest BCUT2D eigenvalue weighted by Gasteiger charge is -2.04. The Hall–Kier alpha value is -2.68. The van der Waals surface area contributed by atoms with Crippen LogP contribution in [0.5, 0.6) is 0 Å². The van der Waals surface area contributed by atoms with Crippen LogP contribution < -0.4 is 0 Å². The molecule has 0 fully saturated rings. The summed E-state index contributed by atoms with van der Waals surface area (Å²) in [7, 11) is 0. The maximum atomic E-state index is 12.6. The lowest BCUT2D eigenvalue weighted by Crippen LogP contribution is -2.17. The van der Waals surface area contributed by atoms with Gasteiger partial charge in [-0.15, -0.1) is 0 Å². The molecule has 0 saturated heterocycles. The van der Waals surface area contributed by atoms with Crippen molar-refractivity contribution in [3.63, 3.8) is 0 Å². The molecule has 0 unspecified atom stereocenters. The Balaban J connectivity index is 1.96. The third kappa shape index (κ3) is 1.40. The Morgan fingerprint density at radius 1 is 0.950 bits per heavy atom. The summed E-state index contributed by atoms with van der Waals surface area (Å²) >= 11 is 0. The van der Waals surface area contributed by atoms with Crippen molar-refractivity contribution in [3.8, 4) is 0 Å². The molecular weight excluding hydrogens is 248 g/mol. The van der Waals surface area contributed by atoms with Gasteiger partial charge in [0, 0.05) is 5.39 Å². The van der Waals surface area contributed by atoms with E-state index in [2.05, 4.69) is 12.1 Å². The van der Waals surface area contributed by atoms with E-state index in [0.717, 1.165) is 27.8 Å². The smallest absolute Gasteiger partial charge is 0.196 e. The van der Waals surface area contributed by atoms with Crippen LogP contribution in [-0.2, 0) is 0 Å². The summed E-state index contributed by atoms with van der Waals surface area (Å²) in [6.07, 6.45) is 1.90. The summed E-state index contributed by atoms with van der Waals surface area (Å²) in [5.74, 6) is 0. The van der Waals surface area contributed by atoms with E-state index in [9.17, 15) is 4.79 Å². The minimum absolute atomic E-state index is 0.0150. The summed E-state index contributed by atoms with van der Waals surface area (Å²) in [4.78, 5) is 12.6. The number of hydrogen-bond donors (Lipinski definition) is 0. The van der Waals surface area contributed by atoms with Gasteiger partial charge < -0.3 is 0 Å². The van der Waals surface area contributed by atoms with E-state index < -0.39 is 0 Å². The maximum Gasteiger partial charge on any atom is 0.508 e. The molecule has 3 nitrogen and oxygen atoms in total. The standard InChI is InChI=1S/C17H13N2O/c1-12-9-10-14-11-18(17(20)19(12)14)16-8-4-6-13-5-2-3-7-15(13)16/h2-11H,1H3/q+1. The first-order chi connectivity index (χ1) is 9.75. The molecule has 0 bridgehead atoms. The van der Waals surface area contributed by atoms with Crippen LogP contribution in [0.1, 0.15) is 11.4 Å². The summed E-state index contributed by atoms with van der Waals surface area (Å²) in [5.41, 5.74) is 2.82. The Morgan fingerprint density at radius 3 is 2.60 bits per heavy atom. The van der Waals surface area contributed by atoms with Crippen molar-refractivity contribution in [1.82, 2.24) is 4.57 Å². The largest absolute Gasteiger partial charge is 0.508 e. The summed E-state index contributed by atoms with van der Waals surface area (Å²) in [5, 5.41) is 2.22.